The Hall–Kier alpha value is -1.92. The molecule has 0 saturated heterocycles. The minimum atomic E-state index is -3.75. The molecule has 6 heteroatoms. The molecule has 0 aliphatic carbocycles. The summed E-state index contributed by atoms with van der Waals surface area (Å²) in [5.41, 5.74) is 3.83. The summed E-state index contributed by atoms with van der Waals surface area (Å²) in [5.74, 6) is -0.399. The largest absolute Gasteiger partial charge is 0.494 e. The lowest BCUT2D eigenvalue weighted by Crippen LogP contribution is -2.28. The summed E-state index contributed by atoms with van der Waals surface area (Å²) in [6, 6.07) is 5.82. The maximum absolute atomic E-state index is 13.9. The normalized spacial score (nSPS) is 12.9. The molecule has 0 saturated carbocycles. The highest BCUT2D eigenvalue weighted by atomic mass is 32.2. The van der Waals surface area contributed by atoms with Crippen LogP contribution < -0.4 is 9.46 Å². The van der Waals surface area contributed by atoms with Crippen LogP contribution in [0.1, 0.15) is 40.8 Å². The van der Waals surface area contributed by atoms with Crippen LogP contribution in [0.25, 0.3) is 0 Å². The first-order chi connectivity index (χ1) is 11.6. The van der Waals surface area contributed by atoms with Crippen molar-refractivity contribution in [2.45, 2.75) is 45.6 Å². The number of rotatable bonds is 5. The summed E-state index contributed by atoms with van der Waals surface area (Å²) < 4.78 is 47.3. The lowest BCUT2D eigenvalue weighted by molar-refractivity contribution is 0.386. The third kappa shape index (κ3) is 3.85. The molecule has 136 valence electrons. The maximum Gasteiger partial charge on any atom is 0.241 e. The Morgan fingerprint density at radius 1 is 1.04 bits per heavy atom. The third-order valence-corrected chi connectivity index (χ3v) is 6.39. The fourth-order valence-corrected chi connectivity index (χ4v) is 4.74. The Labute approximate surface area is 149 Å². The number of aryl methyl sites for hydroxylation is 2. The van der Waals surface area contributed by atoms with E-state index in [0.717, 1.165) is 22.3 Å². The molecule has 0 unspecified atom stereocenters. The van der Waals surface area contributed by atoms with Crippen molar-refractivity contribution in [3.8, 4) is 5.75 Å². The van der Waals surface area contributed by atoms with Crippen LogP contribution in [0.15, 0.2) is 29.2 Å². The molecule has 0 amide bonds. The van der Waals surface area contributed by atoms with E-state index in [-0.39, 0.29) is 5.75 Å². The van der Waals surface area contributed by atoms with Gasteiger partial charge in [0.1, 0.15) is 0 Å². The highest BCUT2D eigenvalue weighted by Crippen LogP contribution is 2.28. The Morgan fingerprint density at radius 2 is 1.60 bits per heavy atom. The van der Waals surface area contributed by atoms with Gasteiger partial charge in [-0.3, -0.25) is 0 Å². The summed E-state index contributed by atoms with van der Waals surface area (Å²) in [5, 5.41) is 0. The Morgan fingerprint density at radius 3 is 2.08 bits per heavy atom. The van der Waals surface area contributed by atoms with Gasteiger partial charge < -0.3 is 4.74 Å². The van der Waals surface area contributed by atoms with Gasteiger partial charge in [0.25, 0.3) is 0 Å². The first-order valence-corrected chi connectivity index (χ1v) is 9.50. The second kappa shape index (κ2) is 7.14. The van der Waals surface area contributed by atoms with Crippen LogP contribution in [0.5, 0.6) is 5.75 Å². The first kappa shape index (κ1) is 19.4. The molecule has 2 aromatic carbocycles. The zero-order chi connectivity index (χ0) is 18.9. The first-order valence-electron chi connectivity index (χ1n) is 8.01. The molecule has 0 fully saturated rings. The van der Waals surface area contributed by atoms with Gasteiger partial charge in [0.15, 0.2) is 11.6 Å². The molecule has 4 nitrogen and oxygen atoms in total. The fourth-order valence-electron chi connectivity index (χ4n) is 2.90. The summed E-state index contributed by atoms with van der Waals surface area (Å²) in [6.45, 7) is 9.07. The van der Waals surface area contributed by atoms with Crippen molar-refractivity contribution in [2.24, 2.45) is 0 Å². The quantitative estimate of drug-likeness (QED) is 0.868. The van der Waals surface area contributed by atoms with Crippen molar-refractivity contribution < 1.29 is 17.5 Å². The van der Waals surface area contributed by atoms with Crippen molar-refractivity contribution in [2.75, 3.05) is 7.11 Å². The van der Waals surface area contributed by atoms with Crippen LogP contribution in [0.2, 0.25) is 0 Å². The minimum Gasteiger partial charge on any atom is -0.494 e. The zero-order valence-electron chi connectivity index (χ0n) is 15.4. The molecule has 0 aliphatic heterocycles. The number of sulfonamides is 1. The van der Waals surface area contributed by atoms with Crippen molar-refractivity contribution >= 4 is 10.0 Å². The number of halogens is 1. The van der Waals surface area contributed by atoms with Gasteiger partial charge in [0.05, 0.1) is 12.0 Å². The number of hydrogen-bond donors (Lipinski definition) is 1. The molecule has 0 bridgehead atoms. The summed E-state index contributed by atoms with van der Waals surface area (Å²) >= 11 is 0. The van der Waals surface area contributed by atoms with Crippen LogP contribution in [-0.4, -0.2) is 15.5 Å². The minimum absolute atomic E-state index is 0.125. The molecule has 25 heavy (non-hydrogen) atoms. The smallest absolute Gasteiger partial charge is 0.241 e. The topological polar surface area (TPSA) is 55.4 Å². The monoisotopic (exact) mass is 365 g/mol. The fraction of sp³-hybridized carbons (Fsp3) is 0.368. The van der Waals surface area contributed by atoms with Gasteiger partial charge in [-0.2, -0.15) is 0 Å². The van der Waals surface area contributed by atoms with E-state index in [1.165, 1.54) is 19.2 Å². The van der Waals surface area contributed by atoms with Gasteiger partial charge in [-0.1, -0.05) is 12.1 Å². The second-order valence-corrected chi connectivity index (χ2v) is 7.98. The molecule has 2 aromatic rings. The van der Waals surface area contributed by atoms with Crippen molar-refractivity contribution in [1.82, 2.24) is 4.72 Å². The molecule has 0 spiro atoms. The molecular formula is C19H24FNO3S. The number of hydrogen-bond acceptors (Lipinski definition) is 3. The average molecular weight is 365 g/mol. The van der Waals surface area contributed by atoms with Gasteiger partial charge in [-0.15, -0.1) is 0 Å². The number of benzene rings is 2. The molecule has 1 N–H and O–H groups in total. The van der Waals surface area contributed by atoms with E-state index < -0.39 is 21.9 Å². The number of nitrogens with one attached hydrogen (secondary N) is 1. The van der Waals surface area contributed by atoms with Crippen molar-refractivity contribution in [1.29, 1.82) is 0 Å². The van der Waals surface area contributed by atoms with E-state index in [1.807, 2.05) is 19.9 Å². The number of ether oxygens (including phenoxy) is 1. The predicted molar refractivity (Wildman–Crippen MR) is 97.1 cm³/mol. The lowest BCUT2D eigenvalue weighted by Gasteiger charge is -2.20. The lowest BCUT2D eigenvalue weighted by atomic mass is 10.0. The van der Waals surface area contributed by atoms with E-state index >= 15 is 0 Å². The Balaban J connectivity index is 2.41. The van der Waals surface area contributed by atoms with Crippen molar-refractivity contribution in [3.05, 3.63) is 57.9 Å². The van der Waals surface area contributed by atoms with Gasteiger partial charge >= 0.3 is 0 Å². The van der Waals surface area contributed by atoms with E-state index in [2.05, 4.69) is 4.72 Å². The molecule has 2 rings (SSSR count). The Bertz CT molecular complexity index is 881. The van der Waals surface area contributed by atoms with Crippen LogP contribution in [-0.2, 0) is 10.0 Å². The van der Waals surface area contributed by atoms with Crippen LogP contribution in [0, 0.1) is 33.5 Å². The van der Waals surface area contributed by atoms with Gasteiger partial charge in [0.2, 0.25) is 10.0 Å². The third-order valence-electron chi connectivity index (χ3n) is 4.57. The summed E-state index contributed by atoms with van der Waals surface area (Å²) in [7, 11) is -2.36. The van der Waals surface area contributed by atoms with Crippen LogP contribution in [0.3, 0.4) is 0 Å². The molecule has 1 atom stereocenters. The molecule has 0 aromatic heterocycles. The summed E-state index contributed by atoms with van der Waals surface area (Å²) in [4.78, 5) is 0.297. The van der Waals surface area contributed by atoms with Gasteiger partial charge in [0, 0.05) is 6.04 Å². The highest BCUT2D eigenvalue weighted by Gasteiger charge is 2.24. The van der Waals surface area contributed by atoms with E-state index in [0.29, 0.717) is 10.5 Å². The number of methoxy groups -OCH3 is 1. The Kier molecular flexibility index (Phi) is 5.54. The maximum atomic E-state index is 13.9. The molecule has 0 aliphatic rings. The molecular weight excluding hydrogens is 341 g/mol. The van der Waals surface area contributed by atoms with E-state index in [1.54, 1.807) is 26.8 Å². The van der Waals surface area contributed by atoms with Crippen LogP contribution in [0.4, 0.5) is 4.39 Å². The van der Waals surface area contributed by atoms with Gasteiger partial charge in [-0.25, -0.2) is 17.5 Å². The zero-order valence-corrected chi connectivity index (χ0v) is 16.2. The van der Waals surface area contributed by atoms with E-state index in [9.17, 15) is 12.8 Å². The van der Waals surface area contributed by atoms with Gasteiger partial charge in [-0.05, 0) is 74.6 Å². The van der Waals surface area contributed by atoms with Crippen molar-refractivity contribution in [3.63, 3.8) is 0 Å². The molecule has 0 heterocycles. The van der Waals surface area contributed by atoms with Crippen LogP contribution >= 0.6 is 0 Å². The SMILES string of the molecule is COc1ccc([C@@H](C)NS(=O)(=O)c2c(C)c(C)cc(C)c2C)cc1F. The molecule has 0 radical (unpaired) electrons. The second-order valence-electron chi connectivity index (χ2n) is 6.33. The van der Waals surface area contributed by atoms with E-state index in [4.69, 9.17) is 4.74 Å². The highest BCUT2D eigenvalue weighted by molar-refractivity contribution is 7.89. The summed E-state index contributed by atoms with van der Waals surface area (Å²) in [6.07, 6.45) is 0. The predicted octanol–water partition coefficient (Wildman–Crippen LogP) is 4.11. The average Bonchev–Trinajstić information content (AvgIpc) is 2.52. The standard InChI is InChI=1S/C19H24FNO3S/c1-11-9-12(2)14(4)19(13(11)3)25(22,23)21-15(5)16-7-8-18(24-6)17(20)10-16/h7-10,15,21H,1-6H3/t15-/m1/s1.